The molecule has 1 aromatic carbocycles. The van der Waals surface area contributed by atoms with E-state index in [1.54, 1.807) is 6.92 Å². The smallest absolute Gasteiger partial charge is 0.451 e. The molecule has 0 unspecified atom stereocenters. The zero-order valence-corrected chi connectivity index (χ0v) is 15.7. The van der Waals surface area contributed by atoms with Crippen molar-refractivity contribution >= 4 is 19.0 Å². The summed E-state index contributed by atoms with van der Waals surface area (Å²) in [4.78, 5) is 27.1. The lowest BCUT2D eigenvalue weighted by molar-refractivity contribution is -0.128. The highest BCUT2D eigenvalue weighted by Gasteiger charge is 2.38. The minimum absolute atomic E-state index is 0.0108. The summed E-state index contributed by atoms with van der Waals surface area (Å²) in [5.74, 6) is -1.54. The maximum Gasteiger partial charge on any atom is 0.451 e. The van der Waals surface area contributed by atoms with Gasteiger partial charge in [0.25, 0.3) is 0 Å². The average molecular weight is 392 g/mol. The van der Waals surface area contributed by atoms with Crippen LogP contribution >= 0.6 is 0 Å². The number of likely N-dealkylation sites (tertiary alicyclic amines) is 2. The second kappa shape index (κ2) is 8.38. The first-order chi connectivity index (χ1) is 13.3. The molecule has 2 fully saturated rings. The van der Waals surface area contributed by atoms with Crippen LogP contribution in [0.5, 0.6) is 11.5 Å². The summed E-state index contributed by atoms with van der Waals surface area (Å²) < 4.78 is 5.81. The Morgan fingerprint density at radius 2 is 1.96 bits per heavy atom. The van der Waals surface area contributed by atoms with E-state index in [0.29, 0.717) is 31.2 Å². The van der Waals surface area contributed by atoms with Gasteiger partial charge in [-0.15, -0.1) is 0 Å². The molecule has 0 saturated carbocycles. The molecule has 1 aromatic rings. The number of phenols is 1. The first-order valence-electron chi connectivity index (χ1n) is 9.36. The normalized spacial score (nSPS) is 20.1. The number of aromatic hydroxyl groups is 1. The van der Waals surface area contributed by atoms with Gasteiger partial charge in [0.1, 0.15) is 23.2 Å². The number of aromatic carboxylic acids is 1. The van der Waals surface area contributed by atoms with Gasteiger partial charge < -0.3 is 29.9 Å². The van der Waals surface area contributed by atoms with E-state index in [1.165, 1.54) is 12.1 Å². The molecule has 4 N–H and O–H groups in total. The van der Waals surface area contributed by atoms with Crippen molar-refractivity contribution < 1.29 is 34.6 Å². The Morgan fingerprint density at radius 1 is 1.25 bits per heavy atom. The van der Waals surface area contributed by atoms with Gasteiger partial charge in [0.15, 0.2) is 0 Å². The molecule has 10 heteroatoms. The molecule has 0 spiro atoms. The highest BCUT2D eigenvalue weighted by molar-refractivity contribution is 6.41. The van der Waals surface area contributed by atoms with Gasteiger partial charge >= 0.3 is 13.1 Å². The van der Waals surface area contributed by atoms with Gasteiger partial charge in [-0.3, -0.25) is 9.69 Å². The number of hydrogen-bond donors (Lipinski definition) is 4. The van der Waals surface area contributed by atoms with E-state index >= 15 is 0 Å². The molecule has 0 aliphatic carbocycles. The minimum atomic E-state index is -1.53. The van der Waals surface area contributed by atoms with Crippen molar-refractivity contribution in [2.75, 3.05) is 26.2 Å². The van der Waals surface area contributed by atoms with Crippen LogP contribution in [0.15, 0.2) is 12.1 Å². The van der Waals surface area contributed by atoms with Crippen LogP contribution < -0.4 is 4.74 Å². The predicted molar refractivity (Wildman–Crippen MR) is 100 cm³/mol. The fourth-order valence-electron chi connectivity index (χ4n) is 3.75. The van der Waals surface area contributed by atoms with Crippen molar-refractivity contribution in [1.82, 2.24) is 9.80 Å². The van der Waals surface area contributed by atoms with Crippen LogP contribution in [0, 0.1) is 0 Å². The molecule has 0 radical (unpaired) electrons. The zero-order chi connectivity index (χ0) is 20.4. The number of carboxylic acids is 1. The van der Waals surface area contributed by atoms with Gasteiger partial charge in [0, 0.05) is 39.1 Å². The molecular weight excluding hydrogens is 367 g/mol. The number of carbonyl (C=O) groups is 2. The van der Waals surface area contributed by atoms with Gasteiger partial charge in [-0.1, -0.05) is 6.07 Å². The minimum Gasteiger partial charge on any atom is -0.507 e. The SMILES string of the molecule is CC(=O)N1CC[C@H](N2CC(Oc3ccc(CCB(O)O)c(O)c3C(=O)O)C2)C1. The Hall–Kier alpha value is -2.30. The molecule has 1 amide bonds. The van der Waals surface area contributed by atoms with Crippen molar-refractivity contribution in [3.05, 3.63) is 23.3 Å². The zero-order valence-electron chi connectivity index (χ0n) is 15.7. The molecule has 1 atom stereocenters. The molecule has 2 saturated heterocycles. The van der Waals surface area contributed by atoms with Crippen LogP contribution in [0.4, 0.5) is 0 Å². The topological polar surface area (TPSA) is 131 Å². The number of aryl methyl sites for hydroxylation is 1. The molecule has 2 aliphatic rings. The summed E-state index contributed by atoms with van der Waals surface area (Å²) in [6, 6.07) is 3.33. The summed E-state index contributed by atoms with van der Waals surface area (Å²) >= 11 is 0. The summed E-state index contributed by atoms with van der Waals surface area (Å²) in [5.41, 5.74) is 0.00960. The van der Waals surface area contributed by atoms with Crippen LogP contribution in [0.2, 0.25) is 6.32 Å². The quantitative estimate of drug-likeness (QED) is 0.469. The standard InChI is InChI=1S/C18H25BN2O7/c1-11(22)20-7-5-13(8-20)21-9-14(10-21)28-15-3-2-12(4-6-19(26)27)17(23)16(15)18(24)25/h2-3,13-14,23,26-27H,4-10H2,1H3,(H,24,25)/t13-/m0/s1. The second-order valence-electron chi connectivity index (χ2n) is 7.37. The number of ether oxygens (including phenoxy) is 1. The fourth-order valence-corrected chi connectivity index (χ4v) is 3.75. The molecule has 3 rings (SSSR count). The Kier molecular flexibility index (Phi) is 6.12. The second-order valence-corrected chi connectivity index (χ2v) is 7.37. The highest BCUT2D eigenvalue weighted by atomic mass is 16.5. The molecule has 0 aromatic heterocycles. The van der Waals surface area contributed by atoms with E-state index in [-0.39, 0.29) is 36.1 Å². The number of benzene rings is 1. The highest BCUT2D eigenvalue weighted by Crippen LogP contribution is 2.34. The molecule has 9 nitrogen and oxygen atoms in total. The van der Waals surface area contributed by atoms with Crippen LogP contribution in [-0.4, -0.2) is 87.4 Å². The first kappa shape index (κ1) is 20.4. The van der Waals surface area contributed by atoms with Gasteiger partial charge in [-0.05, 0) is 30.8 Å². The first-order valence-corrected chi connectivity index (χ1v) is 9.36. The van der Waals surface area contributed by atoms with Gasteiger partial charge in [-0.25, -0.2) is 4.79 Å². The van der Waals surface area contributed by atoms with E-state index in [0.717, 1.165) is 13.0 Å². The summed E-state index contributed by atoms with van der Waals surface area (Å²) in [6.07, 6.45) is 0.853. The van der Waals surface area contributed by atoms with E-state index in [9.17, 15) is 19.8 Å². The third-order valence-electron chi connectivity index (χ3n) is 5.40. The molecule has 28 heavy (non-hydrogen) atoms. The Balaban J connectivity index is 1.61. The third-order valence-corrected chi connectivity index (χ3v) is 5.40. The molecular formula is C18H25BN2O7. The van der Waals surface area contributed by atoms with E-state index < -0.39 is 18.8 Å². The van der Waals surface area contributed by atoms with Crippen molar-refractivity contribution in [3.8, 4) is 11.5 Å². The lowest BCUT2D eigenvalue weighted by Crippen LogP contribution is -2.58. The maximum atomic E-state index is 11.6. The Bertz CT molecular complexity index is 752. The van der Waals surface area contributed by atoms with Crippen molar-refractivity contribution in [2.24, 2.45) is 0 Å². The number of hydrogen-bond acceptors (Lipinski definition) is 7. The lowest BCUT2D eigenvalue weighted by atomic mass is 9.82. The van der Waals surface area contributed by atoms with Crippen molar-refractivity contribution in [3.63, 3.8) is 0 Å². The number of carbonyl (C=O) groups excluding carboxylic acids is 1. The Labute approximate surface area is 163 Å². The van der Waals surface area contributed by atoms with Crippen LogP contribution in [-0.2, 0) is 11.2 Å². The lowest BCUT2D eigenvalue weighted by Gasteiger charge is -2.42. The molecule has 0 bridgehead atoms. The third kappa shape index (κ3) is 4.40. The average Bonchev–Trinajstić information content (AvgIpc) is 3.06. The van der Waals surface area contributed by atoms with E-state index in [4.69, 9.17) is 14.8 Å². The number of nitrogens with zero attached hydrogens (tertiary/aromatic N) is 2. The van der Waals surface area contributed by atoms with Crippen molar-refractivity contribution in [2.45, 2.75) is 38.2 Å². The maximum absolute atomic E-state index is 11.6. The summed E-state index contributed by atoms with van der Waals surface area (Å²) in [6.45, 7) is 4.29. The van der Waals surface area contributed by atoms with Crippen molar-refractivity contribution in [1.29, 1.82) is 0 Å². The monoisotopic (exact) mass is 392 g/mol. The molecule has 152 valence electrons. The Morgan fingerprint density at radius 3 is 2.54 bits per heavy atom. The van der Waals surface area contributed by atoms with Gasteiger partial charge in [0.2, 0.25) is 5.91 Å². The number of rotatable bonds is 7. The van der Waals surface area contributed by atoms with E-state index in [1.807, 2.05) is 4.90 Å². The van der Waals surface area contributed by atoms with Gasteiger partial charge in [-0.2, -0.15) is 0 Å². The fraction of sp³-hybridized carbons (Fsp3) is 0.556. The summed E-state index contributed by atoms with van der Waals surface area (Å²) in [5, 5.41) is 37.7. The van der Waals surface area contributed by atoms with Gasteiger partial charge in [0.05, 0.1) is 0 Å². The van der Waals surface area contributed by atoms with E-state index in [2.05, 4.69) is 4.90 Å². The number of carboxylic acid groups (broad SMARTS) is 1. The predicted octanol–water partition coefficient (Wildman–Crippen LogP) is -0.210. The molecule has 2 aliphatic heterocycles. The number of amides is 1. The van der Waals surface area contributed by atoms with Crippen LogP contribution in [0.3, 0.4) is 0 Å². The molecule has 2 heterocycles. The van der Waals surface area contributed by atoms with Crippen LogP contribution in [0.25, 0.3) is 0 Å². The summed E-state index contributed by atoms with van der Waals surface area (Å²) in [7, 11) is -1.53. The largest absolute Gasteiger partial charge is 0.507 e. The van der Waals surface area contributed by atoms with Crippen LogP contribution in [0.1, 0.15) is 29.3 Å².